The summed E-state index contributed by atoms with van der Waals surface area (Å²) in [6.45, 7) is 1.46. The summed E-state index contributed by atoms with van der Waals surface area (Å²) in [5.41, 5.74) is 0.829. The molecule has 22 heavy (non-hydrogen) atoms. The maximum atomic E-state index is 12.3. The van der Waals surface area contributed by atoms with E-state index in [1.807, 2.05) is 30.3 Å². The predicted molar refractivity (Wildman–Crippen MR) is 77.0 cm³/mol. The highest BCUT2D eigenvalue weighted by Gasteiger charge is 2.26. The van der Waals surface area contributed by atoms with Crippen molar-refractivity contribution in [1.29, 1.82) is 10.5 Å². The van der Waals surface area contributed by atoms with E-state index in [4.69, 9.17) is 10.5 Å². The van der Waals surface area contributed by atoms with Gasteiger partial charge in [-0.3, -0.25) is 4.79 Å². The lowest BCUT2D eigenvalue weighted by Gasteiger charge is -2.21. The molecule has 7 heteroatoms. The van der Waals surface area contributed by atoms with Gasteiger partial charge in [-0.2, -0.15) is 10.5 Å². The van der Waals surface area contributed by atoms with E-state index in [1.54, 1.807) is 19.2 Å². The van der Waals surface area contributed by atoms with Crippen LogP contribution in [0.4, 0.5) is 4.79 Å². The lowest BCUT2D eigenvalue weighted by Crippen LogP contribution is -2.48. The maximum absolute atomic E-state index is 12.3. The molecule has 0 heterocycles. The molecule has 2 amide bonds. The Morgan fingerprint density at radius 2 is 2.00 bits per heavy atom. The van der Waals surface area contributed by atoms with Crippen molar-refractivity contribution >= 4 is 12.0 Å². The van der Waals surface area contributed by atoms with Gasteiger partial charge in [0.25, 0.3) is 5.91 Å². The van der Waals surface area contributed by atoms with Crippen molar-refractivity contribution < 1.29 is 14.3 Å². The number of alkyl carbamates (subject to hydrolysis) is 1. The Morgan fingerprint density at radius 1 is 1.32 bits per heavy atom. The molecule has 1 rings (SSSR count). The largest absolute Gasteiger partial charge is 0.434 e. The molecule has 0 aromatic heterocycles. The third-order valence-corrected chi connectivity index (χ3v) is 2.84. The normalized spacial score (nSPS) is 10.7. The molecule has 0 saturated carbocycles. The number of likely N-dealkylation sites (N-methyl/N-ethyl adjacent to an activating group) is 1. The first-order valence-electron chi connectivity index (χ1n) is 6.67. The summed E-state index contributed by atoms with van der Waals surface area (Å²) < 4.78 is 4.59. The molecule has 0 aliphatic rings. The fourth-order valence-corrected chi connectivity index (χ4v) is 1.80. The van der Waals surface area contributed by atoms with E-state index in [1.165, 1.54) is 0 Å². The molecule has 0 aliphatic carbocycles. The van der Waals surface area contributed by atoms with Crippen LogP contribution in [0.15, 0.2) is 30.3 Å². The van der Waals surface area contributed by atoms with Crippen molar-refractivity contribution in [2.75, 3.05) is 13.2 Å². The van der Waals surface area contributed by atoms with Gasteiger partial charge in [0, 0.05) is 13.0 Å². The van der Waals surface area contributed by atoms with Gasteiger partial charge >= 0.3 is 6.09 Å². The van der Waals surface area contributed by atoms with Crippen LogP contribution in [0.5, 0.6) is 0 Å². The van der Waals surface area contributed by atoms with Crippen LogP contribution in [0.3, 0.4) is 0 Å². The number of carbonyl (C=O) groups is 2. The summed E-state index contributed by atoms with van der Waals surface area (Å²) in [6, 6.07) is 9.81. The highest BCUT2D eigenvalue weighted by Crippen LogP contribution is 2.06. The Bertz CT molecular complexity index is 589. The SMILES string of the molecule is CCN(C#N)C(=O)C(Cc1ccccc1)NC(=O)OCC#N. The van der Waals surface area contributed by atoms with Gasteiger partial charge in [-0.05, 0) is 12.5 Å². The smallest absolute Gasteiger partial charge is 0.408 e. The maximum Gasteiger partial charge on any atom is 0.408 e. The molecule has 0 spiro atoms. The molecule has 0 radical (unpaired) electrons. The number of hydrogen-bond acceptors (Lipinski definition) is 5. The van der Waals surface area contributed by atoms with Crippen molar-refractivity contribution in [2.45, 2.75) is 19.4 Å². The number of carbonyl (C=O) groups excluding carboxylic acids is 2. The number of ether oxygens (including phenoxy) is 1. The quantitative estimate of drug-likeness (QED) is 0.627. The molecule has 0 saturated heterocycles. The number of nitriles is 2. The van der Waals surface area contributed by atoms with Gasteiger partial charge in [0.15, 0.2) is 12.8 Å². The molecule has 0 bridgehead atoms. The van der Waals surface area contributed by atoms with Crippen molar-refractivity contribution in [3.05, 3.63) is 35.9 Å². The third kappa shape index (κ3) is 5.14. The standard InChI is InChI=1S/C15H16N4O3/c1-2-19(11-17)14(20)13(18-15(21)22-9-8-16)10-12-6-4-3-5-7-12/h3-7,13H,2,9-10H2,1H3,(H,18,21). The number of amides is 2. The minimum atomic E-state index is -0.937. The van der Waals surface area contributed by atoms with Gasteiger partial charge in [-0.25, -0.2) is 9.69 Å². The first-order chi connectivity index (χ1) is 10.6. The number of nitrogens with zero attached hydrogens (tertiary/aromatic N) is 3. The van der Waals surface area contributed by atoms with E-state index in [9.17, 15) is 9.59 Å². The molecular formula is C15H16N4O3. The zero-order chi connectivity index (χ0) is 16.4. The summed E-state index contributed by atoms with van der Waals surface area (Å²) in [6.07, 6.45) is 1.12. The Balaban J connectivity index is 2.85. The van der Waals surface area contributed by atoms with Crippen LogP contribution < -0.4 is 5.32 Å². The minimum Gasteiger partial charge on any atom is -0.434 e. The van der Waals surface area contributed by atoms with E-state index >= 15 is 0 Å². The number of rotatable bonds is 6. The molecule has 1 aromatic carbocycles. The second-order valence-corrected chi connectivity index (χ2v) is 4.30. The summed E-state index contributed by atoms with van der Waals surface area (Å²) in [5, 5.41) is 19.7. The van der Waals surface area contributed by atoms with Crippen LogP contribution in [0, 0.1) is 22.8 Å². The van der Waals surface area contributed by atoms with Crippen molar-refractivity contribution in [1.82, 2.24) is 10.2 Å². The molecule has 7 nitrogen and oxygen atoms in total. The Morgan fingerprint density at radius 3 is 2.55 bits per heavy atom. The Labute approximate surface area is 128 Å². The van der Waals surface area contributed by atoms with Gasteiger partial charge in [0.1, 0.15) is 12.1 Å². The van der Waals surface area contributed by atoms with Crippen LogP contribution in [0.25, 0.3) is 0 Å². The highest BCUT2D eigenvalue weighted by molar-refractivity contribution is 5.87. The second kappa shape index (κ2) is 8.98. The van der Waals surface area contributed by atoms with Gasteiger partial charge in [0.2, 0.25) is 0 Å². The van der Waals surface area contributed by atoms with E-state index in [-0.39, 0.29) is 13.0 Å². The minimum absolute atomic E-state index is 0.204. The van der Waals surface area contributed by atoms with Gasteiger partial charge in [-0.1, -0.05) is 30.3 Å². The average Bonchev–Trinajstić information content (AvgIpc) is 2.54. The zero-order valence-electron chi connectivity index (χ0n) is 12.2. The lowest BCUT2D eigenvalue weighted by molar-refractivity contribution is -0.130. The van der Waals surface area contributed by atoms with Gasteiger partial charge in [0.05, 0.1) is 0 Å². The lowest BCUT2D eigenvalue weighted by atomic mass is 10.1. The number of benzene rings is 1. The van der Waals surface area contributed by atoms with Crippen molar-refractivity contribution in [2.24, 2.45) is 0 Å². The van der Waals surface area contributed by atoms with E-state index in [0.29, 0.717) is 0 Å². The average molecular weight is 300 g/mol. The van der Waals surface area contributed by atoms with Crippen LogP contribution in [-0.4, -0.2) is 36.1 Å². The second-order valence-electron chi connectivity index (χ2n) is 4.30. The monoisotopic (exact) mass is 300 g/mol. The fraction of sp³-hybridized carbons (Fsp3) is 0.333. The number of hydrogen-bond donors (Lipinski definition) is 1. The van der Waals surface area contributed by atoms with E-state index in [2.05, 4.69) is 10.1 Å². The molecule has 1 unspecified atom stereocenters. The third-order valence-electron chi connectivity index (χ3n) is 2.84. The van der Waals surface area contributed by atoms with E-state index in [0.717, 1.165) is 10.5 Å². The molecular weight excluding hydrogens is 284 g/mol. The van der Waals surface area contributed by atoms with E-state index < -0.39 is 24.6 Å². The zero-order valence-corrected chi connectivity index (χ0v) is 12.2. The predicted octanol–water partition coefficient (Wildman–Crippen LogP) is 1.18. The molecule has 1 atom stereocenters. The fourth-order valence-electron chi connectivity index (χ4n) is 1.80. The molecule has 114 valence electrons. The van der Waals surface area contributed by atoms with Gasteiger partial charge in [-0.15, -0.1) is 0 Å². The van der Waals surface area contributed by atoms with Gasteiger partial charge < -0.3 is 10.1 Å². The molecule has 1 aromatic rings. The topological polar surface area (TPSA) is 106 Å². The number of nitrogens with one attached hydrogen (secondary N) is 1. The van der Waals surface area contributed by atoms with Crippen LogP contribution >= 0.6 is 0 Å². The Kier molecular flexibility index (Phi) is 6.94. The van der Waals surface area contributed by atoms with Crippen LogP contribution in [0.1, 0.15) is 12.5 Å². The highest BCUT2D eigenvalue weighted by atomic mass is 16.5. The van der Waals surface area contributed by atoms with Crippen molar-refractivity contribution in [3.63, 3.8) is 0 Å². The van der Waals surface area contributed by atoms with Crippen LogP contribution in [0.2, 0.25) is 0 Å². The first-order valence-corrected chi connectivity index (χ1v) is 6.67. The molecule has 0 fully saturated rings. The molecule has 0 aliphatic heterocycles. The summed E-state index contributed by atoms with van der Waals surface area (Å²) in [4.78, 5) is 24.8. The summed E-state index contributed by atoms with van der Waals surface area (Å²) in [7, 11) is 0. The summed E-state index contributed by atoms with van der Waals surface area (Å²) >= 11 is 0. The van der Waals surface area contributed by atoms with Crippen molar-refractivity contribution in [3.8, 4) is 12.3 Å². The first kappa shape index (κ1) is 17.0. The summed E-state index contributed by atoms with van der Waals surface area (Å²) in [5.74, 6) is -0.525. The molecule has 1 N–H and O–H groups in total. The van der Waals surface area contributed by atoms with Crippen LogP contribution in [-0.2, 0) is 16.0 Å². The Hall–Kier alpha value is -3.06.